The number of ether oxygens (including phenoxy) is 1. The van der Waals surface area contributed by atoms with Crippen molar-refractivity contribution < 1.29 is 4.74 Å². The molecule has 1 aliphatic carbocycles. The highest BCUT2D eigenvalue weighted by Crippen LogP contribution is 2.38. The van der Waals surface area contributed by atoms with Crippen LogP contribution < -0.4 is 5.32 Å². The largest absolute Gasteiger partial charge is 0.381 e. The summed E-state index contributed by atoms with van der Waals surface area (Å²) < 4.78 is 5.58. The second-order valence-electron chi connectivity index (χ2n) is 7.95. The minimum Gasteiger partial charge on any atom is -0.381 e. The van der Waals surface area contributed by atoms with Gasteiger partial charge in [0.25, 0.3) is 0 Å². The van der Waals surface area contributed by atoms with Gasteiger partial charge >= 0.3 is 0 Å². The molecule has 1 aliphatic heterocycles. The average Bonchev–Trinajstić information content (AvgIpc) is 2.39. The lowest BCUT2D eigenvalue weighted by Crippen LogP contribution is -2.49. The molecule has 0 unspecified atom stereocenters. The molecule has 1 heterocycles. The summed E-state index contributed by atoms with van der Waals surface area (Å²) in [5.74, 6) is 0. The van der Waals surface area contributed by atoms with E-state index >= 15 is 0 Å². The highest BCUT2D eigenvalue weighted by Gasteiger charge is 2.36. The van der Waals surface area contributed by atoms with Crippen molar-refractivity contribution in [2.45, 2.75) is 58.4 Å². The zero-order valence-electron chi connectivity index (χ0n) is 14.0. The summed E-state index contributed by atoms with van der Waals surface area (Å²) in [7, 11) is 4.43. The Hall–Kier alpha value is -0.120. The molecule has 0 amide bonds. The van der Waals surface area contributed by atoms with E-state index in [1.807, 2.05) is 0 Å². The van der Waals surface area contributed by atoms with Crippen molar-refractivity contribution in [1.29, 1.82) is 0 Å². The van der Waals surface area contributed by atoms with E-state index in [2.05, 4.69) is 38.2 Å². The maximum Gasteiger partial charge on any atom is 0.0472 e. The minimum atomic E-state index is 0.425. The SMILES string of the molecule is CNCC1(CN(C)C2CCC(C)(C)CC2)CCOCC1. The monoisotopic (exact) mass is 282 g/mol. The number of rotatable bonds is 5. The van der Waals surface area contributed by atoms with Gasteiger partial charge < -0.3 is 15.0 Å². The first-order valence-electron chi connectivity index (χ1n) is 8.39. The van der Waals surface area contributed by atoms with Crippen molar-refractivity contribution in [3.63, 3.8) is 0 Å². The maximum absolute atomic E-state index is 5.58. The molecule has 1 saturated carbocycles. The molecule has 118 valence electrons. The summed E-state index contributed by atoms with van der Waals surface area (Å²) in [6.45, 7) is 9.07. The second-order valence-corrected chi connectivity index (χ2v) is 7.95. The van der Waals surface area contributed by atoms with Gasteiger partial charge in [-0.3, -0.25) is 0 Å². The molecule has 2 fully saturated rings. The van der Waals surface area contributed by atoms with Gasteiger partial charge in [0.15, 0.2) is 0 Å². The van der Waals surface area contributed by atoms with Gasteiger partial charge in [-0.25, -0.2) is 0 Å². The zero-order chi connectivity index (χ0) is 14.6. The molecular formula is C17H34N2O. The minimum absolute atomic E-state index is 0.425. The summed E-state index contributed by atoms with van der Waals surface area (Å²) >= 11 is 0. The first-order chi connectivity index (χ1) is 9.46. The number of nitrogens with one attached hydrogen (secondary N) is 1. The van der Waals surface area contributed by atoms with E-state index in [-0.39, 0.29) is 0 Å². The molecule has 0 atom stereocenters. The maximum atomic E-state index is 5.58. The van der Waals surface area contributed by atoms with E-state index in [1.165, 1.54) is 45.1 Å². The smallest absolute Gasteiger partial charge is 0.0472 e. The molecular weight excluding hydrogens is 248 g/mol. The van der Waals surface area contributed by atoms with Crippen LogP contribution >= 0.6 is 0 Å². The lowest BCUT2D eigenvalue weighted by atomic mass is 9.74. The van der Waals surface area contributed by atoms with Crippen LogP contribution in [0, 0.1) is 10.8 Å². The topological polar surface area (TPSA) is 24.5 Å². The fourth-order valence-corrected chi connectivity index (χ4v) is 4.05. The summed E-state index contributed by atoms with van der Waals surface area (Å²) in [4.78, 5) is 2.65. The fraction of sp³-hybridized carbons (Fsp3) is 1.00. The molecule has 2 rings (SSSR count). The number of nitrogens with zero attached hydrogens (tertiary/aromatic N) is 1. The summed E-state index contributed by atoms with van der Waals surface area (Å²) in [6.07, 6.45) is 7.91. The Balaban J connectivity index is 1.89. The normalized spacial score (nSPS) is 26.9. The van der Waals surface area contributed by atoms with Crippen LogP contribution in [-0.4, -0.2) is 51.3 Å². The van der Waals surface area contributed by atoms with Gasteiger partial charge in [0.2, 0.25) is 0 Å². The molecule has 0 aromatic rings. The Bertz CT molecular complexity index is 282. The van der Waals surface area contributed by atoms with Crippen molar-refractivity contribution >= 4 is 0 Å². The van der Waals surface area contributed by atoms with Crippen LogP contribution in [0.3, 0.4) is 0 Å². The highest BCUT2D eigenvalue weighted by molar-refractivity contribution is 4.90. The van der Waals surface area contributed by atoms with Gasteiger partial charge in [-0.2, -0.15) is 0 Å². The molecule has 0 bridgehead atoms. The molecule has 0 spiro atoms. The third kappa shape index (κ3) is 4.19. The van der Waals surface area contributed by atoms with Crippen LogP contribution in [0.4, 0.5) is 0 Å². The predicted octanol–water partition coefficient (Wildman–Crippen LogP) is 2.90. The van der Waals surface area contributed by atoms with Crippen LogP contribution in [0.25, 0.3) is 0 Å². The molecule has 0 aromatic heterocycles. The van der Waals surface area contributed by atoms with E-state index in [0.29, 0.717) is 10.8 Å². The Labute approximate surface area is 125 Å². The standard InChI is InChI=1S/C17H34N2O/c1-16(2)7-5-15(6-8-16)19(4)14-17(13-18-3)9-11-20-12-10-17/h15,18H,5-14H2,1-4H3. The number of hydrogen-bond acceptors (Lipinski definition) is 3. The van der Waals surface area contributed by atoms with E-state index in [0.717, 1.165) is 25.8 Å². The lowest BCUT2D eigenvalue weighted by Gasteiger charge is -2.44. The quantitative estimate of drug-likeness (QED) is 0.839. The summed E-state index contributed by atoms with van der Waals surface area (Å²) in [5, 5.41) is 3.42. The van der Waals surface area contributed by atoms with Crippen molar-refractivity contribution in [3.8, 4) is 0 Å². The van der Waals surface area contributed by atoms with Crippen LogP contribution in [0.15, 0.2) is 0 Å². The Kier molecular flexibility index (Phi) is 5.49. The Morgan fingerprint density at radius 2 is 1.70 bits per heavy atom. The van der Waals surface area contributed by atoms with Crippen molar-refractivity contribution in [3.05, 3.63) is 0 Å². The molecule has 0 radical (unpaired) electrons. The van der Waals surface area contributed by atoms with Crippen LogP contribution in [0.2, 0.25) is 0 Å². The average molecular weight is 282 g/mol. The number of hydrogen-bond donors (Lipinski definition) is 1. The molecule has 1 N–H and O–H groups in total. The second kappa shape index (κ2) is 6.76. The van der Waals surface area contributed by atoms with Gasteiger partial charge in [-0.05, 0) is 63.5 Å². The van der Waals surface area contributed by atoms with Gasteiger partial charge in [-0.1, -0.05) is 13.8 Å². The van der Waals surface area contributed by atoms with Crippen molar-refractivity contribution in [2.75, 3.05) is 40.4 Å². The molecule has 3 nitrogen and oxygen atoms in total. The van der Waals surface area contributed by atoms with E-state index < -0.39 is 0 Å². The summed E-state index contributed by atoms with van der Waals surface area (Å²) in [6, 6.07) is 0.791. The van der Waals surface area contributed by atoms with E-state index in [9.17, 15) is 0 Å². The predicted molar refractivity (Wildman–Crippen MR) is 85.1 cm³/mol. The third-order valence-electron chi connectivity index (χ3n) is 5.62. The van der Waals surface area contributed by atoms with E-state index in [4.69, 9.17) is 4.74 Å². The Morgan fingerprint density at radius 1 is 1.10 bits per heavy atom. The van der Waals surface area contributed by atoms with E-state index in [1.54, 1.807) is 0 Å². The van der Waals surface area contributed by atoms with Gasteiger partial charge in [0.1, 0.15) is 0 Å². The molecule has 3 heteroatoms. The molecule has 0 aromatic carbocycles. The first-order valence-corrected chi connectivity index (χ1v) is 8.39. The van der Waals surface area contributed by atoms with Crippen LogP contribution in [-0.2, 0) is 4.74 Å². The molecule has 1 saturated heterocycles. The van der Waals surface area contributed by atoms with Crippen molar-refractivity contribution in [2.24, 2.45) is 10.8 Å². The van der Waals surface area contributed by atoms with Crippen molar-refractivity contribution in [1.82, 2.24) is 10.2 Å². The third-order valence-corrected chi connectivity index (χ3v) is 5.62. The lowest BCUT2D eigenvalue weighted by molar-refractivity contribution is -0.0114. The first kappa shape index (κ1) is 16.3. The van der Waals surface area contributed by atoms with Crippen LogP contribution in [0.5, 0.6) is 0 Å². The van der Waals surface area contributed by atoms with Gasteiger partial charge in [0.05, 0.1) is 0 Å². The zero-order valence-corrected chi connectivity index (χ0v) is 14.0. The fourth-order valence-electron chi connectivity index (χ4n) is 4.05. The highest BCUT2D eigenvalue weighted by atomic mass is 16.5. The Morgan fingerprint density at radius 3 is 2.25 bits per heavy atom. The molecule has 20 heavy (non-hydrogen) atoms. The van der Waals surface area contributed by atoms with Crippen LogP contribution in [0.1, 0.15) is 52.4 Å². The van der Waals surface area contributed by atoms with Gasteiger partial charge in [-0.15, -0.1) is 0 Å². The summed E-state index contributed by atoms with van der Waals surface area (Å²) in [5.41, 5.74) is 0.993. The molecule has 2 aliphatic rings. The van der Waals surface area contributed by atoms with Gasteiger partial charge in [0, 0.05) is 32.3 Å².